The molecule has 0 aliphatic rings. The SMILES string of the molecule is CCCCc1cc(P(CCC)CCC)c(CCCC)s1. The summed E-state index contributed by atoms with van der Waals surface area (Å²) in [6.45, 7) is 9.31. The van der Waals surface area contributed by atoms with Gasteiger partial charge >= 0.3 is 0 Å². The Labute approximate surface area is 132 Å². The van der Waals surface area contributed by atoms with Gasteiger partial charge in [0.2, 0.25) is 0 Å². The maximum atomic E-state index is 2.60. The average molecular weight is 313 g/mol. The van der Waals surface area contributed by atoms with Gasteiger partial charge in [-0.15, -0.1) is 11.3 Å². The lowest BCUT2D eigenvalue weighted by molar-refractivity contribution is 0.803. The van der Waals surface area contributed by atoms with Gasteiger partial charge in [-0.05, 0) is 49.4 Å². The third kappa shape index (κ3) is 5.86. The number of thiophene rings is 1. The van der Waals surface area contributed by atoms with Gasteiger partial charge in [0.1, 0.15) is 0 Å². The topological polar surface area (TPSA) is 0 Å². The summed E-state index contributed by atoms with van der Waals surface area (Å²) in [5, 5.41) is 1.79. The first-order valence-electron chi connectivity index (χ1n) is 8.63. The molecule has 0 spiro atoms. The Hall–Kier alpha value is 0.130. The van der Waals surface area contributed by atoms with E-state index in [1.807, 2.05) is 0 Å². The van der Waals surface area contributed by atoms with Crippen LogP contribution in [-0.2, 0) is 12.8 Å². The van der Waals surface area contributed by atoms with E-state index in [2.05, 4.69) is 45.1 Å². The second kappa shape index (κ2) is 10.8. The zero-order chi connectivity index (χ0) is 14.8. The van der Waals surface area contributed by atoms with E-state index in [9.17, 15) is 0 Å². The van der Waals surface area contributed by atoms with E-state index in [0.29, 0.717) is 0 Å². The van der Waals surface area contributed by atoms with Crippen LogP contribution in [0.25, 0.3) is 0 Å². The number of unbranched alkanes of at least 4 members (excludes halogenated alkanes) is 2. The van der Waals surface area contributed by atoms with Crippen LogP contribution in [0, 0.1) is 0 Å². The predicted octanol–water partition coefficient (Wildman–Crippen LogP) is 6.36. The van der Waals surface area contributed by atoms with Crippen molar-refractivity contribution in [3.63, 3.8) is 0 Å². The Morgan fingerprint density at radius 2 is 1.45 bits per heavy atom. The lowest BCUT2D eigenvalue weighted by atomic mass is 10.2. The Kier molecular flexibility index (Phi) is 9.82. The molecule has 1 aromatic heterocycles. The van der Waals surface area contributed by atoms with Crippen LogP contribution in [0.4, 0.5) is 0 Å². The second-order valence-electron chi connectivity index (χ2n) is 5.72. The normalized spacial score (nSPS) is 11.4. The van der Waals surface area contributed by atoms with Crippen LogP contribution in [-0.4, -0.2) is 12.3 Å². The predicted molar refractivity (Wildman–Crippen MR) is 98.4 cm³/mol. The van der Waals surface area contributed by atoms with Gasteiger partial charge in [0.15, 0.2) is 0 Å². The third-order valence-corrected chi connectivity index (χ3v) is 8.16. The van der Waals surface area contributed by atoms with Crippen molar-refractivity contribution >= 4 is 24.6 Å². The van der Waals surface area contributed by atoms with Gasteiger partial charge in [0.05, 0.1) is 0 Å². The first kappa shape index (κ1) is 18.2. The molecule has 116 valence electrons. The Morgan fingerprint density at radius 1 is 0.850 bits per heavy atom. The van der Waals surface area contributed by atoms with Gasteiger partial charge in [-0.1, -0.05) is 61.3 Å². The molecular weight excluding hydrogens is 279 g/mol. The molecule has 20 heavy (non-hydrogen) atoms. The first-order valence-corrected chi connectivity index (χ1v) is 11.2. The molecule has 0 aliphatic carbocycles. The van der Waals surface area contributed by atoms with E-state index in [0.717, 1.165) is 0 Å². The highest BCUT2D eigenvalue weighted by molar-refractivity contribution is 7.66. The van der Waals surface area contributed by atoms with E-state index in [1.165, 1.54) is 63.7 Å². The summed E-state index contributed by atoms with van der Waals surface area (Å²) in [5.74, 6) is 0. The Balaban J connectivity index is 2.89. The van der Waals surface area contributed by atoms with Gasteiger partial charge in [0, 0.05) is 9.75 Å². The van der Waals surface area contributed by atoms with Crippen molar-refractivity contribution in [3.05, 3.63) is 15.8 Å². The third-order valence-electron chi connectivity index (χ3n) is 3.70. The number of hydrogen-bond donors (Lipinski definition) is 0. The molecule has 1 rings (SSSR count). The van der Waals surface area contributed by atoms with Crippen LogP contribution in [0.15, 0.2) is 6.07 Å². The molecule has 0 nitrogen and oxygen atoms in total. The lowest BCUT2D eigenvalue weighted by Gasteiger charge is -2.17. The van der Waals surface area contributed by atoms with Gasteiger partial charge in [0.25, 0.3) is 0 Å². The summed E-state index contributed by atoms with van der Waals surface area (Å²) in [6, 6.07) is 2.60. The minimum Gasteiger partial charge on any atom is -0.145 e. The largest absolute Gasteiger partial charge is 0.145 e. The number of rotatable bonds is 11. The van der Waals surface area contributed by atoms with Crippen molar-refractivity contribution in [1.29, 1.82) is 0 Å². The molecule has 0 saturated heterocycles. The summed E-state index contributed by atoms with van der Waals surface area (Å²) in [6.07, 6.45) is 13.6. The Bertz CT molecular complexity index is 350. The van der Waals surface area contributed by atoms with Crippen molar-refractivity contribution in [2.24, 2.45) is 0 Å². The van der Waals surface area contributed by atoms with Crippen molar-refractivity contribution in [1.82, 2.24) is 0 Å². The van der Waals surface area contributed by atoms with Crippen LogP contribution >= 0.6 is 19.3 Å². The summed E-state index contributed by atoms with van der Waals surface area (Å²) in [7, 11) is 0.123. The zero-order valence-corrected chi connectivity index (χ0v) is 15.7. The van der Waals surface area contributed by atoms with Crippen LogP contribution in [0.1, 0.15) is 76.0 Å². The fourth-order valence-electron chi connectivity index (χ4n) is 2.62. The van der Waals surface area contributed by atoms with Gasteiger partial charge in [-0.25, -0.2) is 0 Å². The smallest absolute Gasteiger partial charge is 0.0125 e. The average Bonchev–Trinajstić information content (AvgIpc) is 2.85. The molecule has 0 amide bonds. The minimum absolute atomic E-state index is 0.123. The van der Waals surface area contributed by atoms with E-state index in [4.69, 9.17) is 0 Å². The van der Waals surface area contributed by atoms with Crippen molar-refractivity contribution < 1.29 is 0 Å². The lowest BCUT2D eigenvalue weighted by Crippen LogP contribution is -2.08. The van der Waals surface area contributed by atoms with Crippen LogP contribution in [0.2, 0.25) is 0 Å². The molecule has 0 aromatic carbocycles. The van der Waals surface area contributed by atoms with Crippen LogP contribution < -0.4 is 5.30 Å². The van der Waals surface area contributed by atoms with Crippen LogP contribution in [0.5, 0.6) is 0 Å². The van der Waals surface area contributed by atoms with Gasteiger partial charge in [-0.3, -0.25) is 0 Å². The molecule has 0 unspecified atom stereocenters. The Morgan fingerprint density at radius 3 is 2.00 bits per heavy atom. The van der Waals surface area contributed by atoms with E-state index >= 15 is 0 Å². The standard InChI is InChI=1S/C18H33PS/c1-5-9-11-16-15-17(18(20-16)12-10-6-2)19(13-7-3)14-8-4/h15H,5-14H2,1-4H3. The highest BCUT2D eigenvalue weighted by Gasteiger charge is 2.16. The van der Waals surface area contributed by atoms with Crippen molar-refractivity contribution in [2.75, 3.05) is 12.3 Å². The molecule has 0 saturated carbocycles. The molecule has 0 aliphatic heterocycles. The quantitative estimate of drug-likeness (QED) is 0.417. The van der Waals surface area contributed by atoms with E-state index in [-0.39, 0.29) is 7.92 Å². The van der Waals surface area contributed by atoms with Crippen molar-refractivity contribution in [2.45, 2.75) is 79.1 Å². The fourth-order valence-corrected chi connectivity index (χ4v) is 6.97. The zero-order valence-electron chi connectivity index (χ0n) is 14.0. The minimum atomic E-state index is 0.123. The summed E-state index contributed by atoms with van der Waals surface area (Å²) >= 11 is 2.14. The van der Waals surface area contributed by atoms with Gasteiger partial charge in [-0.2, -0.15) is 0 Å². The number of aryl methyl sites for hydroxylation is 2. The van der Waals surface area contributed by atoms with Gasteiger partial charge < -0.3 is 0 Å². The molecule has 0 N–H and O–H groups in total. The first-order chi connectivity index (χ1) is 9.76. The summed E-state index contributed by atoms with van der Waals surface area (Å²) in [5.41, 5.74) is 0. The molecule has 0 radical (unpaired) electrons. The molecule has 2 heteroatoms. The molecule has 1 heterocycles. The monoisotopic (exact) mass is 312 g/mol. The highest BCUT2D eigenvalue weighted by atomic mass is 32.1. The molecular formula is C18H33PS. The van der Waals surface area contributed by atoms with Crippen LogP contribution in [0.3, 0.4) is 0 Å². The van der Waals surface area contributed by atoms with E-state index in [1.54, 1.807) is 15.1 Å². The molecule has 1 aromatic rings. The number of hydrogen-bond acceptors (Lipinski definition) is 1. The summed E-state index contributed by atoms with van der Waals surface area (Å²) in [4.78, 5) is 3.40. The summed E-state index contributed by atoms with van der Waals surface area (Å²) < 4.78 is 0. The highest BCUT2D eigenvalue weighted by Crippen LogP contribution is 2.40. The second-order valence-corrected chi connectivity index (χ2v) is 9.39. The maximum Gasteiger partial charge on any atom is 0.0125 e. The molecule has 0 atom stereocenters. The maximum absolute atomic E-state index is 2.60. The molecule has 0 bridgehead atoms. The fraction of sp³-hybridized carbons (Fsp3) is 0.778. The van der Waals surface area contributed by atoms with E-state index < -0.39 is 0 Å². The molecule has 0 fully saturated rings. The van der Waals surface area contributed by atoms with Crippen molar-refractivity contribution in [3.8, 4) is 0 Å².